The molecule has 7 heteroatoms. The second-order valence-electron chi connectivity index (χ2n) is 6.20. The molecule has 6 nitrogen and oxygen atoms in total. The zero-order chi connectivity index (χ0) is 15.6. The van der Waals surface area contributed by atoms with Crippen LogP contribution >= 0.6 is 0 Å². The molecule has 1 aliphatic carbocycles. The predicted molar refractivity (Wildman–Crippen MR) is 77.5 cm³/mol. The first kappa shape index (κ1) is 17.4. The molecule has 2 N–H and O–H groups in total. The second kappa shape index (κ2) is 6.41. The molecule has 0 amide bonds. The van der Waals surface area contributed by atoms with Gasteiger partial charge in [0, 0.05) is 19.6 Å². The summed E-state index contributed by atoms with van der Waals surface area (Å²) in [6, 6.07) is -0.167. The van der Waals surface area contributed by atoms with Crippen LogP contribution in [0.3, 0.4) is 0 Å². The van der Waals surface area contributed by atoms with Crippen molar-refractivity contribution < 1.29 is 18.3 Å². The van der Waals surface area contributed by atoms with Crippen molar-refractivity contribution in [2.75, 3.05) is 13.6 Å². The zero-order valence-electron chi connectivity index (χ0n) is 12.7. The van der Waals surface area contributed by atoms with Gasteiger partial charge in [0.15, 0.2) is 0 Å². The number of nitrogens with zero attached hydrogens (tertiary/aromatic N) is 1. The first-order chi connectivity index (χ1) is 9.11. The van der Waals surface area contributed by atoms with Crippen LogP contribution < -0.4 is 4.72 Å². The molecule has 1 saturated carbocycles. The molecule has 0 aromatic carbocycles. The van der Waals surface area contributed by atoms with Crippen LogP contribution in [0, 0.1) is 11.3 Å². The lowest BCUT2D eigenvalue weighted by Crippen LogP contribution is -2.49. The molecule has 20 heavy (non-hydrogen) atoms. The van der Waals surface area contributed by atoms with Gasteiger partial charge in [-0.25, -0.2) is 4.72 Å². The Morgan fingerprint density at radius 2 is 1.90 bits per heavy atom. The van der Waals surface area contributed by atoms with E-state index in [4.69, 9.17) is 0 Å². The Hall–Kier alpha value is -0.660. The van der Waals surface area contributed by atoms with Crippen molar-refractivity contribution in [1.82, 2.24) is 9.03 Å². The van der Waals surface area contributed by atoms with Gasteiger partial charge in [-0.15, -0.1) is 0 Å². The van der Waals surface area contributed by atoms with E-state index in [1.807, 2.05) is 0 Å². The van der Waals surface area contributed by atoms with Crippen LogP contribution in [0.5, 0.6) is 0 Å². The molecule has 1 fully saturated rings. The molecule has 1 rings (SSSR count). The summed E-state index contributed by atoms with van der Waals surface area (Å²) >= 11 is 0. The number of hydrogen-bond acceptors (Lipinski definition) is 3. The highest BCUT2D eigenvalue weighted by molar-refractivity contribution is 7.87. The molecule has 0 aliphatic heterocycles. The smallest absolute Gasteiger partial charge is 0.310 e. The van der Waals surface area contributed by atoms with Gasteiger partial charge in [0.2, 0.25) is 0 Å². The topological polar surface area (TPSA) is 86.7 Å². The monoisotopic (exact) mass is 306 g/mol. The molecule has 0 unspecified atom stereocenters. The largest absolute Gasteiger partial charge is 0.481 e. The third kappa shape index (κ3) is 3.93. The van der Waals surface area contributed by atoms with Crippen molar-refractivity contribution in [2.24, 2.45) is 11.3 Å². The molecular formula is C13H26N2O4S. The number of carboxylic acids is 1. The fourth-order valence-corrected chi connectivity index (χ4v) is 3.61. The van der Waals surface area contributed by atoms with Crippen molar-refractivity contribution >= 4 is 16.2 Å². The van der Waals surface area contributed by atoms with E-state index in [1.165, 1.54) is 11.4 Å². The van der Waals surface area contributed by atoms with Crippen molar-refractivity contribution in [2.45, 2.75) is 52.5 Å². The summed E-state index contributed by atoms with van der Waals surface area (Å²) in [6.07, 6.45) is 2.71. The summed E-state index contributed by atoms with van der Waals surface area (Å²) in [5.74, 6) is -0.392. The maximum absolute atomic E-state index is 12.1. The Kier molecular flexibility index (Phi) is 5.57. The lowest BCUT2D eigenvalue weighted by Gasteiger charge is -2.36. The molecule has 0 saturated heterocycles. The quantitative estimate of drug-likeness (QED) is 0.777. The molecule has 0 aromatic heterocycles. The minimum Gasteiger partial charge on any atom is -0.481 e. The van der Waals surface area contributed by atoms with E-state index in [1.54, 1.807) is 13.8 Å². The fraction of sp³-hybridized carbons (Fsp3) is 0.923. The minimum absolute atomic E-state index is 0.0333. The number of hydrogen-bond donors (Lipinski definition) is 2. The van der Waals surface area contributed by atoms with Crippen molar-refractivity contribution in [3.63, 3.8) is 0 Å². The lowest BCUT2D eigenvalue weighted by molar-refractivity contribution is -0.151. The van der Waals surface area contributed by atoms with Gasteiger partial charge in [0.1, 0.15) is 0 Å². The second-order valence-corrected chi connectivity index (χ2v) is 8.02. The molecule has 0 heterocycles. The first-order valence-corrected chi connectivity index (χ1v) is 8.51. The van der Waals surface area contributed by atoms with Crippen LogP contribution in [0.2, 0.25) is 0 Å². The molecule has 0 radical (unpaired) electrons. The van der Waals surface area contributed by atoms with E-state index >= 15 is 0 Å². The average molecular weight is 306 g/mol. The maximum Gasteiger partial charge on any atom is 0.310 e. The molecular weight excluding hydrogens is 280 g/mol. The van der Waals surface area contributed by atoms with Crippen molar-refractivity contribution in [3.05, 3.63) is 0 Å². The van der Waals surface area contributed by atoms with Gasteiger partial charge in [-0.05, 0) is 45.4 Å². The van der Waals surface area contributed by atoms with Crippen molar-refractivity contribution in [1.29, 1.82) is 0 Å². The van der Waals surface area contributed by atoms with E-state index in [0.29, 0.717) is 18.8 Å². The molecule has 0 spiro atoms. The van der Waals surface area contributed by atoms with Gasteiger partial charge >= 0.3 is 5.97 Å². The third-order valence-corrected chi connectivity index (χ3v) is 6.07. The minimum atomic E-state index is -3.62. The van der Waals surface area contributed by atoms with Crippen molar-refractivity contribution in [3.8, 4) is 0 Å². The zero-order valence-corrected chi connectivity index (χ0v) is 13.5. The van der Waals surface area contributed by atoms with Gasteiger partial charge in [0.25, 0.3) is 10.2 Å². The van der Waals surface area contributed by atoms with E-state index < -0.39 is 21.6 Å². The summed E-state index contributed by atoms with van der Waals surface area (Å²) < 4.78 is 27.8. The van der Waals surface area contributed by atoms with Gasteiger partial charge in [-0.1, -0.05) is 6.92 Å². The standard InChI is InChI=1S/C13H26N2O4S/c1-10(2)15(4)20(18,19)14-9-13(12(16)17)7-5-11(3)6-8-13/h10-11,14H,5-9H2,1-4H3,(H,16,17). The van der Waals surface area contributed by atoms with E-state index in [9.17, 15) is 18.3 Å². The van der Waals surface area contributed by atoms with Crippen LogP contribution in [-0.4, -0.2) is 43.4 Å². The van der Waals surface area contributed by atoms with E-state index in [2.05, 4.69) is 11.6 Å². The van der Waals surface area contributed by atoms with Crippen LogP contribution in [-0.2, 0) is 15.0 Å². The van der Waals surface area contributed by atoms with Crippen LogP contribution in [0.4, 0.5) is 0 Å². The Labute approximate surface area is 121 Å². The normalized spacial score (nSPS) is 28.0. The summed E-state index contributed by atoms with van der Waals surface area (Å²) in [7, 11) is -2.13. The Morgan fingerprint density at radius 1 is 1.40 bits per heavy atom. The lowest BCUT2D eigenvalue weighted by atomic mass is 9.71. The van der Waals surface area contributed by atoms with Crippen LogP contribution in [0.25, 0.3) is 0 Å². The SMILES string of the molecule is CC1CCC(CNS(=O)(=O)N(C)C(C)C)(C(=O)O)CC1. The van der Waals surface area contributed by atoms with Gasteiger partial charge in [0.05, 0.1) is 5.41 Å². The van der Waals surface area contributed by atoms with Gasteiger partial charge < -0.3 is 5.11 Å². The van der Waals surface area contributed by atoms with E-state index in [0.717, 1.165) is 12.8 Å². The fourth-order valence-electron chi connectivity index (χ4n) is 2.39. The number of carbonyl (C=O) groups is 1. The average Bonchev–Trinajstić information content (AvgIpc) is 2.37. The Balaban J connectivity index is 2.76. The van der Waals surface area contributed by atoms with E-state index in [-0.39, 0.29) is 12.6 Å². The maximum atomic E-state index is 12.1. The number of nitrogens with one attached hydrogen (secondary N) is 1. The molecule has 1 aliphatic rings. The molecule has 118 valence electrons. The third-order valence-electron chi connectivity index (χ3n) is 4.38. The predicted octanol–water partition coefficient (Wildman–Crippen LogP) is 1.44. The Morgan fingerprint density at radius 3 is 2.30 bits per heavy atom. The van der Waals surface area contributed by atoms with Crippen LogP contribution in [0.1, 0.15) is 46.5 Å². The number of aliphatic carboxylic acids is 1. The van der Waals surface area contributed by atoms with Gasteiger partial charge in [-0.2, -0.15) is 12.7 Å². The summed E-state index contributed by atoms with van der Waals surface area (Å²) in [6.45, 7) is 5.61. The highest BCUT2D eigenvalue weighted by Gasteiger charge is 2.42. The summed E-state index contributed by atoms with van der Waals surface area (Å²) in [4.78, 5) is 11.6. The molecule has 0 aromatic rings. The Bertz CT molecular complexity index is 439. The van der Waals surface area contributed by atoms with Gasteiger partial charge in [-0.3, -0.25) is 4.79 Å². The number of rotatable bonds is 6. The number of carboxylic acid groups (broad SMARTS) is 1. The highest BCUT2D eigenvalue weighted by atomic mass is 32.2. The summed E-state index contributed by atoms with van der Waals surface area (Å²) in [5.41, 5.74) is -0.961. The molecule has 0 bridgehead atoms. The molecule has 0 atom stereocenters. The van der Waals surface area contributed by atoms with Crippen LogP contribution in [0.15, 0.2) is 0 Å². The highest BCUT2D eigenvalue weighted by Crippen LogP contribution is 2.38. The summed E-state index contributed by atoms with van der Waals surface area (Å²) in [5, 5.41) is 9.47. The first-order valence-electron chi connectivity index (χ1n) is 7.07.